The van der Waals surface area contributed by atoms with Gasteiger partial charge in [0.15, 0.2) is 11.4 Å². The first-order valence-electron chi connectivity index (χ1n) is 14.1. The number of carbonyl (C=O) groups excluding carboxylic acids is 3. The van der Waals surface area contributed by atoms with Crippen molar-refractivity contribution in [1.29, 1.82) is 0 Å². The highest BCUT2D eigenvalue weighted by Gasteiger charge is 2.49. The molecule has 1 aromatic heterocycles. The zero-order valence-corrected chi connectivity index (χ0v) is 24.5. The van der Waals surface area contributed by atoms with E-state index in [1.807, 2.05) is 30.3 Å². The summed E-state index contributed by atoms with van der Waals surface area (Å²) in [6.45, 7) is 0.383. The summed E-state index contributed by atoms with van der Waals surface area (Å²) in [6.07, 6.45) is 1.56. The number of nitrogens with one attached hydrogen (secondary N) is 3. The molecule has 6 rings (SSSR count). The van der Waals surface area contributed by atoms with Gasteiger partial charge >= 0.3 is 12.2 Å². The van der Waals surface area contributed by atoms with Crippen LogP contribution in [0.25, 0.3) is 11.4 Å². The number of ether oxygens (including phenoxy) is 2. The normalized spacial score (nSPS) is 18.2. The minimum Gasteiger partial charge on any atom is -0.453 e. The number of likely N-dealkylation sites (tertiary alicyclic amines) is 1. The van der Waals surface area contributed by atoms with Crippen LogP contribution < -0.4 is 10.6 Å². The Labute approximate surface area is 257 Å². The minimum atomic E-state index is -1.38. The number of benzene rings is 3. The molecule has 2 unspecified atom stereocenters. The molecule has 0 radical (unpaired) electrons. The van der Waals surface area contributed by atoms with Gasteiger partial charge in [0, 0.05) is 29.7 Å². The summed E-state index contributed by atoms with van der Waals surface area (Å²) in [5.74, 6) is -0.997. The standard InChI is InChI=1S/C32H29ClFN5O5/c1-43-30(41)36-21-10-8-20(9-11-21)28-35-17-25(37-28)22(16-19-6-3-2-4-7-19)29(40)39-15-5-14-32(18-39)26-24(38-31(42)44-32)13-12-23(33)27(26)34/h2-4,6-13,17,22H,5,14-16,18H2,1H3,(H,35,37)(H,36,41)(H,38,42). The van der Waals surface area contributed by atoms with Crippen LogP contribution in [0.4, 0.5) is 25.4 Å². The second kappa shape index (κ2) is 12.0. The molecule has 0 aliphatic carbocycles. The van der Waals surface area contributed by atoms with Crippen LogP contribution in [0.1, 0.15) is 35.6 Å². The molecule has 0 saturated carbocycles. The maximum atomic E-state index is 15.4. The van der Waals surface area contributed by atoms with E-state index < -0.39 is 29.5 Å². The van der Waals surface area contributed by atoms with Gasteiger partial charge in [0.05, 0.1) is 35.8 Å². The number of rotatable bonds is 6. The molecule has 12 heteroatoms. The predicted octanol–water partition coefficient (Wildman–Crippen LogP) is 6.45. The molecule has 44 heavy (non-hydrogen) atoms. The molecular weight excluding hydrogens is 589 g/mol. The van der Waals surface area contributed by atoms with Crippen molar-refractivity contribution in [3.63, 3.8) is 0 Å². The summed E-state index contributed by atoms with van der Waals surface area (Å²) in [4.78, 5) is 47.9. The average molecular weight is 618 g/mol. The highest BCUT2D eigenvalue weighted by molar-refractivity contribution is 6.31. The summed E-state index contributed by atoms with van der Waals surface area (Å²) >= 11 is 6.14. The number of piperidine rings is 1. The van der Waals surface area contributed by atoms with Gasteiger partial charge in [0.2, 0.25) is 5.91 Å². The van der Waals surface area contributed by atoms with Gasteiger partial charge < -0.3 is 19.4 Å². The number of imidazole rings is 1. The number of nitrogens with zero attached hydrogens (tertiary/aromatic N) is 2. The molecule has 0 bridgehead atoms. The fraction of sp³-hybridized carbons (Fsp3) is 0.250. The Morgan fingerprint density at radius 3 is 2.68 bits per heavy atom. The van der Waals surface area contributed by atoms with E-state index in [1.54, 1.807) is 41.4 Å². The molecule has 226 valence electrons. The third kappa shape index (κ3) is 5.70. The number of aromatic amines is 1. The third-order valence-electron chi connectivity index (χ3n) is 7.98. The van der Waals surface area contributed by atoms with Gasteiger partial charge in [0.25, 0.3) is 0 Å². The smallest absolute Gasteiger partial charge is 0.412 e. The number of amides is 3. The number of hydrogen-bond acceptors (Lipinski definition) is 6. The summed E-state index contributed by atoms with van der Waals surface area (Å²) < 4.78 is 25.8. The minimum absolute atomic E-state index is 0.0234. The maximum Gasteiger partial charge on any atom is 0.412 e. The predicted molar refractivity (Wildman–Crippen MR) is 162 cm³/mol. The Morgan fingerprint density at radius 1 is 1.16 bits per heavy atom. The maximum absolute atomic E-state index is 15.4. The van der Waals surface area contributed by atoms with Gasteiger partial charge in [-0.15, -0.1) is 0 Å². The van der Waals surface area contributed by atoms with Crippen LogP contribution in [0.5, 0.6) is 0 Å². The number of anilines is 2. The average Bonchev–Trinajstić information content (AvgIpc) is 3.52. The van der Waals surface area contributed by atoms with Gasteiger partial charge in [-0.3, -0.25) is 15.4 Å². The van der Waals surface area contributed by atoms with Gasteiger partial charge in [-0.2, -0.15) is 0 Å². The highest BCUT2D eigenvalue weighted by Crippen LogP contribution is 2.45. The van der Waals surface area contributed by atoms with Crippen molar-refractivity contribution in [2.24, 2.45) is 0 Å². The lowest BCUT2D eigenvalue weighted by molar-refractivity contribution is -0.141. The first kappa shape index (κ1) is 29.2. The van der Waals surface area contributed by atoms with E-state index in [0.717, 1.165) is 11.1 Å². The van der Waals surface area contributed by atoms with Crippen molar-refractivity contribution in [1.82, 2.24) is 14.9 Å². The lowest BCUT2D eigenvalue weighted by atomic mass is 9.82. The number of halogens is 2. The summed E-state index contributed by atoms with van der Waals surface area (Å²) in [6, 6.07) is 19.6. The van der Waals surface area contributed by atoms with E-state index in [1.165, 1.54) is 13.2 Å². The van der Waals surface area contributed by atoms with E-state index in [4.69, 9.17) is 16.3 Å². The van der Waals surface area contributed by atoms with Crippen molar-refractivity contribution in [3.8, 4) is 11.4 Å². The summed E-state index contributed by atoms with van der Waals surface area (Å²) in [5, 5.41) is 5.07. The topological polar surface area (TPSA) is 126 Å². The van der Waals surface area contributed by atoms with Crippen molar-refractivity contribution < 1.29 is 28.2 Å². The molecule has 1 fully saturated rings. The second-order valence-corrected chi connectivity index (χ2v) is 11.2. The molecule has 3 aromatic carbocycles. The molecular formula is C32H29ClFN5O5. The Bertz CT molecular complexity index is 1710. The number of methoxy groups -OCH3 is 1. The van der Waals surface area contributed by atoms with Crippen molar-refractivity contribution in [3.05, 3.63) is 101 Å². The lowest BCUT2D eigenvalue weighted by Crippen LogP contribution is -2.54. The molecule has 10 nitrogen and oxygen atoms in total. The molecule has 1 saturated heterocycles. The Morgan fingerprint density at radius 2 is 1.93 bits per heavy atom. The van der Waals surface area contributed by atoms with Crippen LogP contribution in [0.2, 0.25) is 5.02 Å². The van der Waals surface area contributed by atoms with Gasteiger partial charge in [-0.1, -0.05) is 41.9 Å². The van der Waals surface area contributed by atoms with Crippen LogP contribution in [0.15, 0.2) is 72.9 Å². The first-order valence-corrected chi connectivity index (χ1v) is 14.5. The van der Waals surface area contributed by atoms with Crippen molar-refractivity contribution >= 4 is 41.1 Å². The van der Waals surface area contributed by atoms with Crippen LogP contribution in [-0.4, -0.2) is 53.2 Å². The monoisotopic (exact) mass is 617 g/mol. The SMILES string of the molecule is COC(=O)Nc1ccc(-c2ncc(C(Cc3ccccc3)C(=O)N3CCCC4(C3)OC(=O)Nc3ccc(Cl)c(F)c34)[nH]2)cc1. The molecule has 2 aliphatic heterocycles. The molecule has 3 amide bonds. The zero-order valence-electron chi connectivity index (χ0n) is 23.7. The van der Waals surface area contributed by atoms with E-state index >= 15 is 4.39 Å². The van der Waals surface area contributed by atoms with Crippen LogP contribution in [0.3, 0.4) is 0 Å². The third-order valence-corrected chi connectivity index (χ3v) is 8.28. The zero-order chi connectivity index (χ0) is 30.8. The number of H-pyrrole nitrogens is 1. The largest absolute Gasteiger partial charge is 0.453 e. The van der Waals surface area contributed by atoms with E-state index in [0.29, 0.717) is 43.0 Å². The first-order chi connectivity index (χ1) is 21.3. The van der Waals surface area contributed by atoms with Crippen LogP contribution in [-0.2, 0) is 26.3 Å². The molecule has 2 atom stereocenters. The summed E-state index contributed by atoms with van der Waals surface area (Å²) in [7, 11) is 1.29. The van der Waals surface area contributed by atoms with Gasteiger partial charge in [-0.05, 0) is 61.2 Å². The number of carbonyl (C=O) groups is 3. The summed E-state index contributed by atoms with van der Waals surface area (Å²) in [5.41, 5.74) is 1.91. The molecule has 3 N–H and O–H groups in total. The Hall–Kier alpha value is -4.90. The van der Waals surface area contributed by atoms with E-state index in [2.05, 4.69) is 25.3 Å². The number of hydrogen-bond donors (Lipinski definition) is 3. The molecule has 2 aliphatic rings. The fourth-order valence-electron chi connectivity index (χ4n) is 5.90. The van der Waals surface area contributed by atoms with Crippen LogP contribution in [0, 0.1) is 5.82 Å². The van der Waals surface area contributed by atoms with Gasteiger partial charge in [0.1, 0.15) is 5.82 Å². The molecule has 1 spiro atoms. The number of fused-ring (bicyclic) bond motifs is 2. The Kier molecular flexibility index (Phi) is 7.96. The van der Waals surface area contributed by atoms with Crippen molar-refractivity contribution in [2.45, 2.75) is 30.8 Å². The highest BCUT2D eigenvalue weighted by atomic mass is 35.5. The number of aromatic nitrogens is 2. The quantitative estimate of drug-likeness (QED) is 0.228. The molecule has 3 heterocycles. The lowest BCUT2D eigenvalue weighted by Gasteiger charge is -2.45. The van der Waals surface area contributed by atoms with E-state index in [9.17, 15) is 14.4 Å². The van der Waals surface area contributed by atoms with Crippen LogP contribution >= 0.6 is 11.6 Å². The fourth-order valence-corrected chi connectivity index (χ4v) is 6.06. The van der Waals surface area contributed by atoms with Crippen molar-refractivity contribution in [2.75, 3.05) is 30.8 Å². The molecule has 4 aromatic rings. The Balaban J connectivity index is 1.31. The van der Waals surface area contributed by atoms with E-state index in [-0.39, 0.29) is 28.7 Å². The van der Waals surface area contributed by atoms with Gasteiger partial charge in [-0.25, -0.2) is 19.0 Å². The second-order valence-electron chi connectivity index (χ2n) is 10.8.